The van der Waals surface area contributed by atoms with Gasteiger partial charge in [0.05, 0.1) is 12.3 Å². The molecule has 0 atom stereocenters. The number of halogens is 1. The van der Waals surface area contributed by atoms with Gasteiger partial charge in [-0.25, -0.2) is 4.79 Å². The maximum absolute atomic E-state index is 12.0. The quantitative estimate of drug-likeness (QED) is 0.483. The predicted molar refractivity (Wildman–Crippen MR) is 86.2 cm³/mol. The largest absolute Gasteiger partial charge is 0.461 e. The molecule has 0 spiro atoms. The van der Waals surface area contributed by atoms with E-state index >= 15 is 0 Å². The summed E-state index contributed by atoms with van der Waals surface area (Å²) < 4.78 is 5.04. The summed E-state index contributed by atoms with van der Waals surface area (Å²) in [5, 5.41) is 9.12. The number of esters is 1. The molecule has 0 aliphatic rings. The fourth-order valence-corrected chi connectivity index (χ4v) is 1.85. The third kappa shape index (κ3) is 3.85. The third-order valence-electron chi connectivity index (χ3n) is 2.71. The smallest absolute Gasteiger partial charge is 0.358 e. The lowest BCUT2D eigenvalue weighted by molar-refractivity contribution is 0.0513. The molecule has 1 heterocycles. The van der Waals surface area contributed by atoms with Crippen LogP contribution in [0.4, 0.5) is 0 Å². The Labute approximate surface area is 133 Å². The summed E-state index contributed by atoms with van der Waals surface area (Å²) >= 11 is 5.88. The van der Waals surface area contributed by atoms with Crippen molar-refractivity contribution in [1.82, 2.24) is 14.8 Å². The van der Waals surface area contributed by atoms with Crippen LogP contribution in [0.2, 0.25) is 5.02 Å². The molecule has 22 heavy (non-hydrogen) atoms. The highest BCUT2D eigenvalue weighted by Crippen LogP contribution is 2.21. The fourth-order valence-electron chi connectivity index (χ4n) is 1.72. The first-order valence-electron chi connectivity index (χ1n) is 6.75. The normalized spacial score (nSPS) is 10.9. The van der Waals surface area contributed by atoms with E-state index in [9.17, 15) is 4.79 Å². The van der Waals surface area contributed by atoms with Crippen molar-refractivity contribution in [2.75, 3.05) is 20.7 Å². The summed E-state index contributed by atoms with van der Waals surface area (Å²) in [6, 6.07) is 8.85. The zero-order valence-electron chi connectivity index (χ0n) is 12.7. The van der Waals surface area contributed by atoms with Gasteiger partial charge in [0.1, 0.15) is 6.34 Å². The number of rotatable bonds is 5. The van der Waals surface area contributed by atoms with Crippen molar-refractivity contribution in [3.05, 3.63) is 41.0 Å². The van der Waals surface area contributed by atoms with E-state index in [1.807, 2.05) is 26.2 Å². The van der Waals surface area contributed by atoms with Gasteiger partial charge in [0, 0.05) is 30.7 Å². The van der Waals surface area contributed by atoms with E-state index in [0.29, 0.717) is 10.7 Å². The highest BCUT2D eigenvalue weighted by molar-refractivity contribution is 6.30. The van der Waals surface area contributed by atoms with Gasteiger partial charge in [-0.1, -0.05) is 23.7 Å². The summed E-state index contributed by atoms with van der Waals surface area (Å²) in [6.07, 6.45) is 1.56. The number of nitrogens with zero attached hydrogens (tertiary/aromatic N) is 4. The predicted octanol–water partition coefficient (Wildman–Crippen LogP) is 2.73. The molecule has 116 valence electrons. The van der Waals surface area contributed by atoms with Gasteiger partial charge in [-0.05, 0) is 19.1 Å². The van der Waals surface area contributed by atoms with Crippen molar-refractivity contribution in [1.29, 1.82) is 0 Å². The highest BCUT2D eigenvalue weighted by Gasteiger charge is 2.17. The summed E-state index contributed by atoms with van der Waals surface area (Å²) in [5.41, 5.74) is 1.73. The average molecular weight is 321 g/mol. The van der Waals surface area contributed by atoms with Crippen molar-refractivity contribution < 1.29 is 9.53 Å². The van der Waals surface area contributed by atoms with Crippen molar-refractivity contribution in [3.63, 3.8) is 0 Å². The van der Waals surface area contributed by atoms with Crippen LogP contribution >= 0.6 is 11.6 Å². The van der Waals surface area contributed by atoms with Crippen LogP contribution in [0.3, 0.4) is 0 Å². The maximum Gasteiger partial charge on any atom is 0.358 e. The second-order valence-electron chi connectivity index (χ2n) is 4.73. The van der Waals surface area contributed by atoms with E-state index in [1.54, 1.807) is 36.4 Å². The van der Waals surface area contributed by atoms with Gasteiger partial charge in [0.15, 0.2) is 5.69 Å². The summed E-state index contributed by atoms with van der Waals surface area (Å²) in [5.74, 6) is -0.467. The van der Waals surface area contributed by atoms with E-state index < -0.39 is 5.97 Å². The molecule has 0 amide bonds. The minimum absolute atomic E-state index is 0.268. The Morgan fingerprint density at radius 2 is 2.09 bits per heavy atom. The van der Waals surface area contributed by atoms with Crippen LogP contribution in [0.5, 0.6) is 0 Å². The average Bonchev–Trinajstić information content (AvgIpc) is 2.90. The van der Waals surface area contributed by atoms with Gasteiger partial charge in [-0.3, -0.25) is 0 Å². The molecule has 0 N–H and O–H groups in total. The standard InChI is InChI=1S/C15H17ClN4O2/c1-4-22-15(21)14-9-13(11-5-7-12(16)8-6-11)18-20(14)17-10-19(2)3/h5-10H,4H2,1-3H3. The number of benzene rings is 1. The van der Waals surface area contributed by atoms with E-state index in [2.05, 4.69) is 10.2 Å². The monoisotopic (exact) mass is 320 g/mol. The zero-order chi connectivity index (χ0) is 16.1. The number of carbonyl (C=O) groups is 1. The molecule has 1 aromatic heterocycles. The molecular formula is C15H17ClN4O2. The summed E-state index contributed by atoms with van der Waals surface area (Å²) in [7, 11) is 3.66. The minimum Gasteiger partial charge on any atom is -0.461 e. The van der Waals surface area contributed by atoms with Crippen molar-refractivity contribution in [2.45, 2.75) is 6.92 Å². The number of aromatic nitrogens is 2. The molecule has 0 aliphatic heterocycles. The molecule has 1 aromatic carbocycles. The lowest BCUT2D eigenvalue weighted by Gasteiger charge is -2.04. The van der Waals surface area contributed by atoms with Gasteiger partial charge in [0.25, 0.3) is 0 Å². The van der Waals surface area contributed by atoms with E-state index in [-0.39, 0.29) is 12.3 Å². The van der Waals surface area contributed by atoms with Crippen LogP contribution < -0.4 is 0 Å². The molecule has 2 aromatic rings. The van der Waals surface area contributed by atoms with Gasteiger partial charge in [0.2, 0.25) is 0 Å². The van der Waals surface area contributed by atoms with Crippen LogP contribution in [-0.4, -0.2) is 47.8 Å². The Kier molecular flexibility index (Phi) is 5.16. The first-order valence-corrected chi connectivity index (χ1v) is 7.13. The number of carbonyl (C=O) groups excluding carboxylic acids is 1. The molecule has 0 saturated carbocycles. The van der Waals surface area contributed by atoms with Crippen LogP contribution in [0.25, 0.3) is 11.3 Å². The second-order valence-corrected chi connectivity index (χ2v) is 5.16. The number of ether oxygens (including phenoxy) is 1. The van der Waals surface area contributed by atoms with Gasteiger partial charge in [-0.15, -0.1) is 15.0 Å². The Morgan fingerprint density at radius 1 is 1.41 bits per heavy atom. The van der Waals surface area contributed by atoms with Crippen molar-refractivity contribution in [2.24, 2.45) is 5.10 Å². The molecule has 0 fully saturated rings. The lowest BCUT2D eigenvalue weighted by atomic mass is 10.1. The van der Waals surface area contributed by atoms with Crippen molar-refractivity contribution in [3.8, 4) is 11.3 Å². The summed E-state index contributed by atoms with van der Waals surface area (Å²) in [4.78, 5) is 15.0. The number of hydrogen-bond donors (Lipinski definition) is 0. The fraction of sp³-hybridized carbons (Fsp3) is 0.267. The minimum atomic E-state index is -0.467. The number of hydrogen-bond acceptors (Lipinski definition) is 4. The molecule has 2 rings (SSSR count). The molecule has 6 nitrogen and oxygen atoms in total. The van der Waals surface area contributed by atoms with Crippen LogP contribution in [0.1, 0.15) is 17.4 Å². The Balaban J connectivity index is 2.42. The lowest BCUT2D eigenvalue weighted by Crippen LogP contribution is -2.13. The van der Waals surface area contributed by atoms with Crippen LogP contribution in [-0.2, 0) is 4.74 Å². The molecule has 0 bridgehead atoms. The molecule has 0 saturated heterocycles. The van der Waals surface area contributed by atoms with Crippen LogP contribution in [0, 0.1) is 0 Å². The topological polar surface area (TPSA) is 59.7 Å². The SMILES string of the molecule is CCOC(=O)c1cc(-c2ccc(Cl)cc2)nn1N=CN(C)C. The van der Waals surface area contributed by atoms with E-state index in [4.69, 9.17) is 16.3 Å². The molecule has 0 unspecified atom stereocenters. The molecular weight excluding hydrogens is 304 g/mol. The first-order chi connectivity index (χ1) is 10.5. The Morgan fingerprint density at radius 3 is 2.68 bits per heavy atom. The third-order valence-corrected chi connectivity index (χ3v) is 2.96. The molecule has 0 aliphatic carbocycles. The first kappa shape index (κ1) is 16.0. The molecule has 7 heteroatoms. The highest BCUT2D eigenvalue weighted by atomic mass is 35.5. The summed E-state index contributed by atoms with van der Waals surface area (Å²) in [6.45, 7) is 2.04. The maximum atomic E-state index is 12.0. The Bertz CT molecular complexity index is 677. The van der Waals surface area contributed by atoms with Crippen molar-refractivity contribution >= 4 is 23.9 Å². The van der Waals surface area contributed by atoms with E-state index in [1.165, 1.54) is 4.79 Å². The zero-order valence-corrected chi connectivity index (χ0v) is 13.4. The van der Waals surface area contributed by atoms with Crippen LogP contribution in [0.15, 0.2) is 35.4 Å². The van der Waals surface area contributed by atoms with Gasteiger partial charge in [-0.2, -0.15) is 0 Å². The second kappa shape index (κ2) is 7.09. The Hall–Kier alpha value is -2.34. The van der Waals surface area contributed by atoms with E-state index in [0.717, 1.165) is 5.56 Å². The van der Waals surface area contributed by atoms with Gasteiger partial charge < -0.3 is 9.64 Å². The molecule has 0 radical (unpaired) electrons. The van der Waals surface area contributed by atoms with Gasteiger partial charge >= 0.3 is 5.97 Å².